The van der Waals surface area contributed by atoms with Gasteiger partial charge in [0.1, 0.15) is 6.33 Å². The number of carbonyl (C=O) groups excluding carboxylic acids is 1. The molecule has 29 heavy (non-hydrogen) atoms. The Labute approximate surface area is 173 Å². The molecule has 0 fully saturated rings. The Balaban J connectivity index is 1.38. The topological polar surface area (TPSA) is 122 Å². The van der Waals surface area contributed by atoms with Crippen molar-refractivity contribution in [2.45, 2.75) is 10.1 Å². The molecule has 1 amide bonds. The van der Waals surface area contributed by atoms with Gasteiger partial charge < -0.3 is 0 Å². The molecule has 0 aliphatic heterocycles. The van der Waals surface area contributed by atoms with Crippen molar-refractivity contribution in [3.63, 3.8) is 0 Å². The zero-order valence-corrected chi connectivity index (χ0v) is 16.4. The SMILES string of the molecule is N#Cc1ccc(CSc2nnc(NC(=O)c3cccc(-n4cnnn4)c3)s2)cc1. The summed E-state index contributed by atoms with van der Waals surface area (Å²) in [4.78, 5) is 12.5. The van der Waals surface area contributed by atoms with E-state index < -0.39 is 0 Å². The fourth-order valence-corrected chi connectivity index (χ4v) is 4.08. The molecule has 0 unspecified atom stereocenters. The van der Waals surface area contributed by atoms with E-state index in [0.29, 0.717) is 27.7 Å². The molecule has 4 aromatic rings. The van der Waals surface area contributed by atoms with Crippen LogP contribution in [0.25, 0.3) is 5.69 Å². The van der Waals surface area contributed by atoms with E-state index in [-0.39, 0.29) is 5.91 Å². The summed E-state index contributed by atoms with van der Waals surface area (Å²) in [7, 11) is 0. The summed E-state index contributed by atoms with van der Waals surface area (Å²) in [6.45, 7) is 0. The third-order valence-corrected chi connectivity index (χ3v) is 5.84. The van der Waals surface area contributed by atoms with Gasteiger partial charge in [0.25, 0.3) is 5.91 Å². The molecule has 0 saturated heterocycles. The molecule has 0 saturated carbocycles. The fourth-order valence-electron chi connectivity index (χ4n) is 2.38. The van der Waals surface area contributed by atoms with Crippen molar-refractivity contribution >= 4 is 34.1 Å². The maximum absolute atomic E-state index is 12.5. The minimum absolute atomic E-state index is 0.292. The van der Waals surface area contributed by atoms with Crippen molar-refractivity contribution in [3.8, 4) is 11.8 Å². The molecule has 0 aliphatic rings. The summed E-state index contributed by atoms with van der Waals surface area (Å²) in [6, 6.07) is 16.4. The first-order chi connectivity index (χ1) is 14.2. The first-order valence-electron chi connectivity index (χ1n) is 8.31. The molecule has 0 aliphatic carbocycles. The Bertz CT molecular complexity index is 1170. The van der Waals surface area contributed by atoms with Gasteiger partial charge in [-0.25, -0.2) is 4.68 Å². The maximum atomic E-state index is 12.5. The lowest BCUT2D eigenvalue weighted by molar-refractivity contribution is 0.102. The standard InChI is InChI=1S/C18H12N8OS2/c19-9-12-4-6-13(7-5-12)10-28-18-23-22-17(29-18)21-16(27)14-2-1-3-15(8-14)26-11-20-24-25-26/h1-8,11H,10H2,(H,21,22,27). The molecule has 4 rings (SSSR count). The van der Waals surface area contributed by atoms with Crippen molar-refractivity contribution in [3.05, 3.63) is 71.5 Å². The summed E-state index contributed by atoms with van der Waals surface area (Å²) in [5.41, 5.74) is 2.84. The number of rotatable bonds is 6. The van der Waals surface area contributed by atoms with Crippen molar-refractivity contribution < 1.29 is 4.79 Å². The van der Waals surface area contributed by atoms with Crippen LogP contribution in [0, 0.1) is 11.3 Å². The third kappa shape index (κ3) is 4.63. The van der Waals surface area contributed by atoms with Crippen LogP contribution >= 0.6 is 23.1 Å². The van der Waals surface area contributed by atoms with Crippen LogP contribution in [-0.2, 0) is 5.75 Å². The van der Waals surface area contributed by atoms with Crippen LogP contribution in [0.4, 0.5) is 5.13 Å². The Morgan fingerprint density at radius 1 is 1.21 bits per heavy atom. The highest BCUT2D eigenvalue weighted by molar-refractivity contribution is 8.00. The molecular weight excluding hydrogens is 408 g/mol. The van der Waals surface area contributed by atoms with Gasteiger partial charge in [-0.05, 0) is 46.3 Å². The lowest BCUT2D eigenvalue weighted by Gasteiger charge is -2.04. The normalized spacial score (nSPS) is 10.4. The zero-order valence-electron chi connectivity index (χ0n) is 14.8. The third-order valence-electron chi connectivity index (χ3n) is 3.79. The number of hydrogen-bond donors (Lipinski definition) is 1. The highest BCUT2D eigenvalue weighted by Crippen LogP contribution is 2.28. The smallest absolute Gasteiger partial charge is 0.257 e. The summed E-state index contributed by atoms with van der Waals surface area (Å²) in [5, 5.41) is 31.1. The lowest BCUT2D eigenvalue weighted by Crippen LogP contribution is -2.12. The number of tetrazole rings is 1. The van der Waals surface area contributed by atoms with Gasteiger partial charge in [-0.3, -0.25) is 10.1 Å². The lowest BCUT2D eigenvalue weighted by atomic mass is 10.2. The van der Waals surface area contributed by atoms with E-state index in [1.165, 1.54) is 34.1 Å². The highest BCUT2D eigenvalue weighted by atomic mass is 32.2. The summed E-state index contributed by atoms with van der Waals surface area (Å²) < 4.78 is 2.21. The van der Waals surface area contributed by atoms with Crippen molar-refractivity contribution in [1.29, 1.82) is 5.26 Å². The number of aromatic nitrogens is 6. The van der Waals surface area contributed by atoms with Gasteiger partial charge in [0.2, 0.25) is 5.13 Å². The van der Waals surface area contributed by atoms with Gasteiger partial charge in [0.15, 0.2) is 4.34 Å². The monoisotopic (exact) mass is 420 g/mol. The van der Waals surface area contributed by atoms with E-state index in [9.17, 15) is 4.79 Å². The number of nitrogens with one attached hydrogen (secondary N) is 1. The number of amides is 1. The fraction of sp³-hybridized carbons (Fsp3) is 0.0556. The van der Waals surface area contributed by atoms with E-state index in [0.717, 1.165) is 9.90 Å². The van der Waals surface area contributed by atoms with Gasteiger partial charge in [-0.1, -0.05) is 41.3 Å². The number of benzene rings is 2. The van der Waals surface area contributed by atoms with Crippen LogP contribution in [0.5, 0.6) is 0 Å². The average Bonchev–Trinajstić information content (AvgIpc) is 3.45. The van der Waals surface area contributed by atoms with Crippen LogP contribution in [0.1, 0.15) is 21.5 Å². The molecule has 1 N–H and O–H groups in total. The van der Waals surface area contributed by atoms with E-state index in [1.807, 2.05) is 12.1 Å². The molecule has 142 valence electrons. The van der Waals surface area contributed by atoms with E-state index in [4.69, 9.17) is 5.26 Å². The van der Waals surface area contributed by atoms with Crippen LogP contribution < -0.4 is 5.32 Å². The van der Waals surface area contributed by atoms with Gasteiger partial charge >= 0.3 is 0 Å². The molecule has 2 heterocycles. The van der Waals surface area contributed by atoms with Gasteiger partial charge in [-0.15, -0.1) is 15.3 Å². The Hall–Kier alpha value is -3.62. The quantitative estimate of drug-likeness (QED) is 0.373. The number of anilines is 1. The van der Waals surface area contributed by atoms with Crippen LogP contribution in [0.3, 0.4) is 0 Å². The van der Waals surface area contributed by atoms with Gasteiger partial charge in [0, 0.05) is 11.3 Å². The van der Waals surface area contributed by atoms with Gasteiger partial charge in [0.05, 0.1) is 17.3 Å². The van der Waals surface area contributed by atoms with E-state index >= 15 is 0 Å². The molecule has 0 bridgehead atoms. The Morgan fingerprint density at radius 2 is 2.07 bits per heavy atom. The van der Waals surface area contributed by atoms with Crippen molar-refractivity contribution in [1.82, 2.24) is 30.4 Å². The van der Waals surface area contributed by atoms with Gasteiger partial charge in [-0.2, -0.15) is 5.26 Å². The van der Waals surface area contributed by atoms with Crippen molar-refractivity contribution in [2.24, 2.45) is 0 Å². The zero-order chi connectivity index (χ0) is 20.1. The molecule has 2 aromatic carbocycles. The van der Waals surface area contributed by atoms with Crippen LogP contribution in [0.2, 0.25) is 0 Å². The molecule has 0 atom stereocenters. The second-order valence-corrected chi connectivity index (χ2v) is 7.93. The average molecular weight is 420 g/mol. The minimum atomic E-state index is -0.292. The Kier molecular flexibility index (Phi) is 5.55. The number of hydrogen-bond acceptors (Lipinski definition) is 9. The highest BCUT2D eigenvalue weighted by Gasteiger charge is 2.12. The first-order valence-corrected chi connectivity index (χ1v) is 10.1. The second kappa shape index (κ2) is 8.59. The van der Waals surface area contributed by atoms with E-state index in [1.54, 1.807) is 36.4 Å². The molecule has 11 heteroatoms. The molecule has 9 nitrogen and oxygen atoms in total. The van der Waals surface area contributed by atoms with Crippen LogP contribution in [0.15, 0.2) is 59.2 Å². The summed E-state index contributed by atoms with van der Waals surface area (Å²) >= 11 is 2.82. The minimum Gasteiger partial charge on any atom is -0.296 e. The molecule has 2 aromatic heterocycles. The predicted molar refractivity (Wildman–Crippen MR) is 108 cm³/mol. The largest absolute Gasteiger partial charge is 0.296 e. The molecule has 0 spiro atoms. The first kappa shape index (κ1) is 18.7. The maximum Gasteiger partial charge on any atom is 0.257 e. The predicted octanol–water partition coefficient (Wildman–Crippen LogP) is 2.93. The second-order valence-electron chi connectivity index (χ2n) is 5.73. The number of nitrogens with zero attached hydrogens (tertiary/aromatic N) is 7. The number of thioether (sulfide) groups is 1. The Morgan fingerprint density at radius 3 is 2.83 bits per heavy atom. The number of nitriles is 1. The molecular formula is C18H12N8OS2. The summed E-state index contributed by atoms with van der Waals surface area (Å²) in [5.74, 6) is 0.405. The van der Waals surface area contributed by atoms with Crippen molar-refractivity contribution in [2.75, 3.05) is 5.32 Å². The summed E-state index contributed by atoms with van der Waals surface area (Å²) in [6.07, 6.45) is 1.46. The van der Waals surface area contributed by atoms with Crippen LogP contribution in [-0.4, -0.2) is 36.3 Å². The van der Waals surface area contributed by atoms with E-state index in [2.05, 4.69) is 37.1 Å². The number of carbonyl (C=O) groups is 1. The molecule has 0 radical (unpaired) electrons.